The van der Waals surface area contributed by atoms with Crippen LogP contribution in [0.5, 0.6) is 5.75 Å². The van der Waals surface area contributed by atoms with Gasteiger partial charge >= 0.3 is 0 Å². The van der Waals surface area contributed by atoms with Gasteiger partial charge < -0.3 is 10.0 Å². The van der Waals surface area contributed by atoms with Crippen LogP contribution in [-0.4, -0.2) is 48.1 Å². The third-order valence-electron chi connectivity index (χ3n) is 3.01. The van der Waals surface area contributed by atoms with Crippen LogP contribution in [0.1, 0.15) is 5.56 Å². The van der Waals surface area contributed by atoms with Gasteiger partial charge in [-0.05, 0) is 47.3 Å². The summed E-state index contributed by atoms with van der Waals surface area (Å²) < 4.78 is 0.916. The summed E-state index contributed by atoms with van der Waals surface area (Å²) >= 11 is 2.14. The van der Waals surface area contributed by atoms with Crippen molar-refractivity contribution >= 4 is 22.6 Å². The number of hydrogen-bond donors (Lipinski definition) is 1. The molecule has 88 valence electrons. The highest BCUT2D eigenvalue weighted by atomic mass is 127. The molecule has 0 aromatic heterocycles. The predicted octanol–water partition coefficient (Wildman–Crippen LogP) is 1.74. The maximum atomic E-state index is 9.64. The van der Waals surface area contributed by atoms with Crippen LogP contribution in [0.4, 0.5) is 0 Å². The van der Waals surface area contributed by atoms with Gasteiger partial charge in [0.2, 0.25) is 0 Å². The number of nitrogens with zero attached hydrogens (tertiary/aromatic N) is 2. The van der Waals surface area contributed by atoms with Crippen molar-refractivity contribution in [3.05, 3.63) is 27.3 Å². The maximum absolute atomic E-state index is 9.64. The number of piperazine rings is 1. The van der Waals surface area contributed by atoms with Gasteiger partial charge in [0.05, 0.1) is 3.57 Å². The zero-order valence-corrected chi connectivity index (χ0v) is 11.6. The van der Waals surface area contributed by atoms with Crippen LogP contribution in [0.15, 0.2) is 18.2 Å². The lowest BCUT2D eigenvalue weighted by atomic mass is 10.2. The van der Waals surface area contributed by atoms with E-state index in [1.165, 1.54) is 5.56 Å². The Bertz CT molecular complexity index is 362. The fourth-order valence-corrected chi connectivity index (χ4v) is 2.26. The SMILES string of the molecule is CN1CCN(Cc2ccc(I)c(O)c2)CC1. The summed E-state index contributed by atoms with van der Waals surface area (Å²) in [5.41, 5.74) is 1.20. The van der Waals surface area contributed by atoms with E-state index < -0.39 is 0 Å². The summed E-state index contributed by atoms with van der Waals surface area (Å²) in [5.74, 6) is 0.396. The van der Waals surface area contributed by atoms with Crippen LogP contribution < -0.4 is 0 Å². The first-order valence-electron chi connectivity index (χ1n) is 5.53. The van der Waals surface area contributed by atoms with Crippen molar-refractivity contribution in [2.45, 2.75) is 6.54 Å². The molecule has 1 aliphatic rings. The molecule has 0 saturated carbocycles. The van der Waals surface area contributed by atoms with Gasteiger partial charge in [-0.2, -0.15) is 0 Å². The second-order valence-corrected chi connectivity index (χ2v) is 5.53. The van der Waals surface area contributed by atoms with Crippen LogP contribution in [0.2, 0.25) is 0 Å². The van der Waals surface area contributed by atoms with E-state index in [1.54, 1.807) is 0 Å². The highest BCUT2D eigenvalue weighted by molar-refractivity contribution is 14.1. The smallest absolute Gasteiger partial charge is 0.129 e. The van der Waals surface area contributed by atoms with Crippen molar-refractivity contribution in [1.82, 2.24) is 9.80 Å². The maximum Gasteiger partial charge on any atom is 0.129 e. The summed E-state index contributed by atoms with van der Waals surface area (Å²) in [7, 11) is 2.16. The number of benzene rings is 1. The number of phenolic OH excluding ortho intramolecular Hbond substituents is 1. The fourth-order valence-electron chi connectivity index (χ4n) is 1.92. The summed E-state index contributed by atoms with van der Waals surface area (Å²) in [6.45, 7) is 5.44. The molecule has 0 unspecified atom stereocenters. The van der Waals surface area contributed by atoms with E-state index in [4.69, 9.17) is 0 Å². The fraction of sp³-hybridized carbons (Fsp3) is 0.500. The Kier molecular flexibility index (Phi) is 4.05. The normalized spacial score (nSPS) is 18.9. The zero-order valence-electron chi connectivity index (χ0n) is 9.49. The summed E-state index contributed by atoms with van der Waals surface area (Å²) in [4.78, 5) is 4.78. The van der Waals surface area contributed by atoms with Crippen molar-refractivity contribution in [3.63, 3.8) is 0 Å². The molecule has 1 heterocycles. The molecule has 0 amide bonds. The molecule has 16 heavy (non-hydrogen) atoms. The van der Waals surface area contributed by atoms with E-state index in [0.29, 0.717) is 5.75 Å². The molecule has 1 saturated heterocycles. The van der Waals surface area contributed by atoms with Crippen LogP contribution in [0.3, 0.4) is 0 Å². The molecule has 4 heteroatoms. The number of likely N-dealkylation sites (N-methyl/N-ethyl adjacent to an activating group) is 1. The van der Waals surface area contributed by atoms with E-state index in [2.05, 4.69) is 45.5 Å². The van der Waals surface area contributed by atoms with E-state index in [-0.39, 0.29) is 0 Å². The molecule has 0 spiro atoms. The van der Waals surface area contributed by atoms with E-state index in [1.807, 2.05) is 12.1 Å². The van der Waals surface area contributed by atoms with Gasteiger partial charge in [-0.1, -0.05) is 6.07 Å². The largest absolute Gasteiger partial charge is 0.507 e. The molecule has 1 fully saturated rings. The van der Waals surface area contributed by atoms with Crippen molar-refractivity contribution in [2.75, 3.05) is 33.2 Å². The van der Waals surface area contributed by atoms with Gasteiger partial charge in [0, 0.05) is 32.7 Å². The van der Waals surface area contributed by atoms with Crippen LogP contribution in [0, 0.1) is 3.57 Å². The van der Waals surface area contributed by atoms with Crippen molar-refractivity contribution in [3.8, 4) is 5.75 Å². The molecular weight excluding hydrogens is 315 g/mol. The zero-order chi connectivity index (χ0) is 11.5. The molecule has 0 radical (unpaired) electrons. The molecule has 0 bridgehead atoms. The van der Waals surface area contributed by atoms with Crippen LogP contribution in [-0.2, 0) is 6.54 Å². The highest BCUT2D eigenvalue weighted by Gasteiger charge is 2.14. The Morgan fingerprint density at radius 1 is 1.25 bits per heavy atom. The van der Waals surface area contributed by atoms with E-state index >= 15 is 0 Å². The first kappa shape index (κ1) is 12.1. The molecule has 1 aromatic carbocycles. The molecule has 0 atom stereocenters. The minimum Gasteiger partial charge on any atom is -0.507 e. The van der Waals surface area contributed by atoms with E-state index in [9.17, 15) is 5.11 Å². The number of rotatable bonds is 2. The quantitative estimate of drug-likeness (QED) is 0.836. The van der Waals surface area contributed by atoms with Crippen LogP contribution in [0.25, 0.3) is 0 Å². The van der Waals surface area contributed by atoms with Crippen molar-refractivity contribution < 1.29 is 5.11 Å². The first-order chi connectivity index (χ1) is 7.65. The van der Waals surface area contributed by atoms with Gasteiger partial charge in [0.15, 0.2) is 0 Å². The minimum atomic E-state index is 0.396. The Labute approximate surface area is 110 Å². The third kappa shape index (κ3) is 3.09. The Morgan fingerprint density at radius 3 is 2.56 bits per heavy atom. The number of aromatic hydroxyl groups is 1. The molecule has 3 nitrogen and oxygen atoms in total. The lowest BCUT2D eigenvalue weighted by Gasteiger charge is -2.32. The van der Waals surface area contributed by atoms with Gasteiger partial charge in [0.25, 0.3) is 0 Å². The molecule has 1 aliphatic heterocycles. The monoisotopic (exact) mass is 332 g/mol. The second-order valence-electron chi connectivity index (χ2n) is 4.37. The van der Waals surface area contributed by atoms with Gasteiger partial charge in [-0.3, -0.25) is 4.90 Å². The minimum absolute atomic E-state index is 0.396. The Hall–Kier alpha value is -0.330. The molecular formula is C12H17IN2O. The van der Waals surface area contributed by atoms with Gasteiger partial charge in [-0.25, -0.2) is 0 Å². The van der Waals surface area contributed by atoms with Crippen molar-refractivity contribution in [2.24, 2.45) is 0 Å². The van der Waals surface area contributed by atoms with E-state index in [0.717, 1.165) is 36.3 Å². The lowest BCUT2D eigenvalue weighted by Crippen LogP contribution is -2.43. The summed E-state index contributed by atoms with van der Waals surface area (Å²) in [6, 6.07) is 5.95. The predicted molar refractivity (Wildman–Crippen MR) is 73.6 cm³/mol. The standard InChI is InChI=1S/C12H17IN2O/c1-14-4-6-15(7-5-14)9-10-2-3-11(13)12(16)8-10/h2-3,8,16H,4-7,9H2,1H3. The van der Waals surface area contributed by atoms with Crippen molar-refractivity contribution in [1.29, 1.82) is 0 Å². The first-order valence-corrected chi connectivity index (χ1v) is 6.61. The van der Waals surface area contributed by atoms with Crippen LogP contribution >= 0.6 is 22.6 Å². The average Bonchev–Trinajstić information content (AvgIpc) is 2.27. The third-order valence-corrected chi connectivity index (χ3v) is 3.92. The topological polar surface area (TPSA) is 26.7 Å². The van der Waals surface area contributed by atoms with Gasteiger partial charge in [-0.15, -0.1) is 0 Å². The Morgan fingerprint density at radius 2 is 1.94 bits per heavy atom. The highest BCUT2D eigenvalue weighted by Crippen LogP contribution is 2.21. The molecule has 1 aromatic rings. The second kappa shape index (κ2) is 5.33. The summed E-state index contributed by atoms with van der Waals surface area (Å²) in [5, 5.41) is 9.64. The van der Waals surface area contributed by atoms with Gasteiger partial charge in [0.1, 0.15) is 5.75 Å². The lowest BCUT2D eigenvalue weighted by molar-refractivity contribution is 0.148. The summed E-state index contributed by atoms with van der Waals surface area (Å²) in [6.07, 6.45) is 0. The average molecular weight is 332 g/mol. The molecule has 2 rings (SSSR count). The molecule has 0 aliphatic carbocycles. The number of halogens is 1. The molecule has 1 N–H and O–H groups in total. The Balaban J connectivity index is 1.96. The number of hydrogen-bond acceptors (Lipinski definition) is 3. The number of phenols is 1.